The summed E-state index contributed by atoms with van der Waals surface area (Å²) in [6.07, 6.45) is 3.71. The minimum Gasteiger partial charge on any atom is -0.506 e. The van der Waals surface area contributed by atoms with Crippen molar-refractivity contribution >= 4 is 72.1 Å². The average Bonchev–Trinajstić information content (AvgIpc) is 3.12. The van der Waals surface area contributed by atoms with Crippen LogP contribution in [0.15, 0.2) is 79.5 Å². The van der Waals surface area contributed by atoms with Crippen LogP contribution in [0.2, 0.25) is 0 Å². The summed E-state index contributed by atoms with van der Waals surface area (Å²) in [4.78, 5) is 20.5. The maximum absolute atomic E-state index is 13.5. The van der Waals surface area contributed by atoms with Crippen molar-refractivity contribution in [3.05, 3.63) is 91.2 Å². The van der Waals surface area contributed by atoms with Gasteiger partial charge in [0.2, 0.25) is 0 Å². The molecule has 7 heteroatoms. The molecule has 1 aliphatic heterocycles. The molecular formula is C26H22Br2N2O2S. The summed E-state index contributed by atoms with van der Waals surface area (Å²) in [6, 6.07) is 19.6. The minimum absolute atomic E-state index is 0.123. The fourth-order valence-electron chi connectivity index (χ4n) is 3.39. The maximum Gasteiger partial charge on any atom is 0.271 e. The summed E-state index contributed by atoms with van der Waals surface area (Å²) in [6.45, 7) is 4.22. The molecule has 33 heavy (non-hydrogen) atoms. The normalized spacial score (nSPS) is 16.2. The predicted molar refractivity (Wildman–Crippen MR) is 145 cm³/mol. The maximum atomic E-state index is 13.5. The molecule has 168 valence electrons. The van der Waals surface area contributed by atoms with Crippen molar-refractivity contribution < 1.29 is 9.90 Å². The Labute approximate surface area is 214 Å². The number of aliphatic imine (C=N–C) groups is 1. The molecule has 0 unspecified atom stereocenters. The Balaban J connectivity index is 1.76. The SMILES string of the molecule is CCc1ccc(N=C2S/C(=C/c3cc(Br)c(O)c(Br)c3)C(=O)N2c2ccc(CC)cc2)cc1. The summed E-state index contributed by atoms with van der Waals surface area (Å²) in [5.74, 6) is -0.00790. The van der Waals surface area contributed by atoms with Crippen LogP contribution < -0.4 is 4.90 Å². The van der Waals surface area contributed by atoms with Crippen molar-refractivity contribution in [1.29, 1.82) is 0 Å². The number of benzene rings is 3. The topological polar surface area (TPSA) is 52.9 Å². The Kier molecular flexibility index (Phi) is 7.41. The van der Waals surface area contributed by atoms with E-state index in [4.69, 9.17) is 4.99 Å². The molecule has 0 aliphatic carbocycles. The van der Waals surface area contributed by atoms with E-state index < -0.39 is 0 Å². The van der Waals surface area contributed by atoms with Gasteiger partial charge in [0.25, 0.3) is 5.91 Å². The van der Waals surface area contributed by atoms with Crippen molar-refractivity contribution in [2.45, 2.75) is 26.7 Å². The Morgan fingerprint density at radius 1 is 0.939 bits per heavy atom. The second-order valence-corrected chi connectivity index (χ2v) is 10.2. The van der Waals surface area contributed by atoms with Gasteiger partial charge in [-0.05, 0) is 116 Å². The number of carbonyl (C=O) groups excluding carboxylic acids is 1. The average molecular weight is 586 g/mol. The summed E-state index contributed by atoms with van der Waals surface area (Å²) >= 11 is 8.05. The van der Waals surface area contributed by atoms with Crippen LogP contribution in [0.4, 0.5) is 11.4 Å². The highest BCUT2D eigenvalue weighted by Gasteiger charge is 2.34. The van der Waals surface area contributed by atoms with E-state index in [2.05, 4.69) is 57.8 Å². The first-order valence-electron chi connectivity index (χ1n) is 10.6. The predicted octanol–water partition coefficient (Wildman–Crippen LogP) is 7.85. The van der Waals surface area contributed by atoms with Gasteiger partial charge in [-0.25, -0.2) is 4.99 Å². The van der Waals surface area contributed by atoms with Crippen molar-refractivity contribution in [3.63, 3.8) is 0 Å². The number of aryl methyl sites for hydroxylation is 2. The molecule has 0 atom stereocenters. The van der Waals surface area contributed by atoms with Crippen molar-refractivity contribution in [2.75, 3.05) is 4.90 Å². The van der Waals surface area contributed by atoms with Crippen LogP contribution in [-0.2, 0) is 17.6 Å². The Bertz CT molecular complexity index is 1230. The van der Waals surface area contributed by atoms with Gasteiger partial charge in [0.15, 0.2) is 5.17 Å². The van der Waals surface area contributed by atoms with E-state index in [0.29, 0.717) is 19.0 Å². The fraction of sp³-hybridized carbons (Fsp3) is 0.154. The molecule has 1 fully saturated rings. The molecule has 3 aromatic rings. The molecule has 4 rings (SSSR count). The number of phenolic OH excluding ortho intramolecular Hbond substituents is 1. The zero-order valence-corrected chi connectivity index (χ0v) is 22.2. The molecule has 4 nitrogen and oxygen atoms in total. The van der Waals surface area contributed by atoms with Gasteiger partial charge in [0, 0.05) is 0 Å². The van der Waals surface area contributed by atoms with E-state index in [-0.39, 0.29) is 11.7 Å². The molecule has 1 saturated heterocycles. The zero-order valence-electron chi connectivity index (χ0n) is 18.2. The quantitative estimate of drug-likeness (QED) is 0.310. The summed E-state index contributed by atoms with van der Waals surface area (Å²) in [5.41, 5.74) is 4.82. The molecule has 0 radical (unpaired) electrons. The lowest BCUT2D eigenvalue weighted by molar-refractivity contribution is -0.113. The van der Waals surface area contributed by atoms with Gasteiger partial charge < -0.3 is 5.11 Å². The fourth-order valence-corrected chi connectivity index (χ4v) is 5.62. The van der Waals surface area contributed by atoms with Crippen LogP contribution >= 0.6 is 43.6 Å². The lowest BCUT2D eigenvalue weighted by Gasteiger charge is -2.16. The van der Waals surface area contributed by atoms with E-state index in [1.165, 1.54) is 22.9 Å². The molecule has 1 amide bonds. The first-order chi connectivity index (χ1) is 15.9. The van der Waals surface area contributed by atoms with Gasteiger partial charge in [0.1, 0.15) is 5.75 Å². The van der Waals surface area contributed by atoms with Crippen LogP contribution in [0.3, 0.4) is 0 Å². The number of hydrogen-bond acceptors (Lipinski definition) is 4. The highest BCUT2D eigenvalue weighted by atomic mass is 79.9. The first-order valence-corrected chi connectivity index (χ1v) is 13.0. The van der Waals surface area contributed by atoms with Gasteiger partial charge in [-0.1, -0.05) is 38.1 Å². The number of hydrogen-bond donors (Lipinski definition) is 1. The second-order valence-electron chi connectivity index (χ2n) is 7.52. The van der Waals surface area contributed by atoms with E-state index in [1.54, 1.807) is 17.0 Å². The first kappa shape index (κ1) is 23.8. The summed E-state index contributed by atoms with van der Waals surface area (Å²) < 4.78 is 1.10. The molecule has 0 saturated carbocycles. The monoisotopic (exact) mass is 584 g/mol. The van der Waals surface area contributed by atoms with Gasteiger partial charge in [0.05, 0.1) is 25.2 Å². The van der Waals surface area contributed by atoms with Gasteiger partial charge in [-0.2, -0.15) is 0 Å². The highest BCUT2D eigenvalue weighted by molar-refractivity contribution is 9.11. The molecule has 0 aromatic heterocycles. The third-order valence-corrected chi connectivity index (χ3v) is 7.49. The number of nitrogens with zero attached hydrogens (tertiary/aromatic N) is 2. The molecule has 3 aromatic carbocycles. The number of phenols is 1. The summed E-state index contributed by atoms with van der Waals surface area (Å²) in [7, 11) is 0. The van der Waals surface area contributed by atoms with E-state index in [9.17, 15) is 9.90 Å². The van der Waals surface area contributed by atoms with Crippen molar-refractivity contribution in [2.24, 2.45) is 4.99 Å². The third kappa shape index (κ3) is 5.26. The van der Waals surface area contributed by atoms with Crippen LogP contribution in [-0.4, -0.2) is 16.2 Å². The van der Waals surface area contributed by atoms with Crippen LogP contribution in [0.25, 0.3) is 6.08 Å². The standard InChI is InChI=1S/C26H22Br2N2O2S/c1-3-16-5-9-19(10-6-16)29-26-30(20-11-7-17(4-2)8-12-20)25(32)23(33-26)15-18-13-21(27)24(31)22(28)14-18/h5-15,31H,3-4H2,1-2H3/b23-15+,29-26?. The van der Waals surface area contributed by atoms with Crippen molar-refractivity contribution in [3.8, 4) is 5.75 Å². The van der Waals surface area contributed by atoms with Crippen LogP contribution in [0, 0.1) is 0 Å². The number of rotatable bonds is 5. The largest absolute Gasteiger partial charge is 0.506 e. The Hall–Kier alpha value is -2.35. The van der Waals surface area contributed by atoms with E-state index in [0.717, 1.165) is 29.8 Å². The lowest BCUT2D eigenvalue weighted by atomic mass is 10.1. The molecule has 1 aliphatic rings. The number of aromatic hydroxyl groups is 1. The molecular weight excluding hydrogens is 564 g/mol. The zero-order chi connectivity index (χ0) is 23.5. The Morgan fingerprint density at radius 3 is 2.03 bits per heavy atom. The molecule has 0 spiro atoms. The van der Waals surface area contributed by atoms with E-state index >= 15 is 0 Å². The highest BCUT2D eigenvalue weighted by Crippen LogP contribution is 2.39. The van der Waals surface area contributed by atoms with E-state index in [1.807, 2.05) is 42.5 Å². The minimum atomic E-state index is -0.131. The van der Waals surface area contributed by atoms with Gasteiger partial charge in [-0.3, -0.25) is 9.69 Å². The number of thioether (sulfide) groups is 1. The lowest BCUT2D eigenvalue weighted by Crippen LogP contribution is -2.28. The van der Waals surface area contributed by atoms with Crippen molar-refractivity contribution in [1.82, 2.24) is 0 Å². The third-order valence-electron chi connectivity index (χ3n) is 5.32. The number of anilines is 1. The second kappa shape index (κ2) is 10.3. The van der Waals surface area contributed by atoms with Gasteiger partial charge in [-0.15, -0.1) is 0 Å². The Morgan fingerprint density at radius 2 is 1.48 bits per heavy atom. The molecule has 1 N–H and O–H groups in total. The number of amides is 1. The van der Waals surface area contributed by atoms with Crippen LogP contribution in [0.5, 0.6) is 5.75 Å². The molecule has 1 heterocycles. The summed E-state index contributed by atoms with van der Waals surface area (Å²) in [5, 5.41) is 10.6. The van der Waals surface area contributed by atoms with Crippen LogP contribution in [0.1, 0.15) is 30.5 Å². The number of amidine groups is 1. The molecule has 0 bridgehead atoms. The number of carbonyl (C=O) groups is 1. The smallest absolute Gasteiger partial charge is 0.271 e. The number of halogens is 2. The van der Waals surface area contributed by atoms with Gasteiger partial charge >= 0.3 is 0 Å².